The van der Waals surface area contributed by atoms with Crippen LogP contribution in [0.4, 0.5) is 8.78 Å². The molecule has 0 aliphatic heterocycles. The number of rotatable bonds is 6. The molecule has 106 valence electrons. The van der Waals surface area contributed by atoms with Gasteiger partial charge in [-0.15, -0.1) is 0 Å². The van der Waals surface area contributed by atoms with Crippen LogP contribution in [0.5, 0.6) is 0 Å². The van der Waals surface area contributed by atoms with Crippen molar-refractivity contribution >= 4 is 15.6 Å². The molecular formula is C12H15F2NO3S. The lowest BCUT2D eigenvalue weighted by atomic mass is 10.1. The molecule has 0 amide bonds. The van der Waals surface area contributed by atoms with Crippen molar-refractivity contribution in [2.45, 2.75) is 0 Å². The molecule has 0 aromatic heterocycles. The highest BCUT2D eigenvalue weighted by Crippen LogP contribution is 2.10. The van der Waals surface area contributed by atoms with Crippen molar-refractivity contribution in [1.82, 2.24) is 4.90 Å². The Kier molecular flexibility index (Phi) is 5.13. The van der Waals surface area contributed by atoms with Crippen molar-refractivity contribution in [1.29, 1.82) is 0 Å². The minimum atomic E-state index is -3.12. The normalized spacial score (nSPS) is 11.8. The van der Waals surface area contributed by atoms with Gasteiger partial charge in [0.2, 0.25) is 0 Å². The summed E-state index contributed by atoms with van der Waals surface area (Å²) in [6.07, 6.45) is 1.09. The maximum atomic E-state index is 13.3. The zero-order valence-corrected chi connectivity index (χ0v) is 11.5. The summed E-state index contributed by atoms with van der Waals surface area (Å²) >= 11 is 0. The van der Waals surface area contributed by atoms with Crippen LogP contribution in [0.15, 0.2) is 18.2 Å². The van der Waals surface area contributed by atoms with E-state index in [-0.39, 0.29) is 24.4 Å². The molecule has 0 spiro atoms. The molecule has 0 N–H and O–H groups in total. The Hall–Kier alpha value is -1.34. The van der Waals surface area contributed by atoms with Gasteiger partial charge in [-0.25, -0.2) is 17.2 Å². The zero-order chi connectivity index (χ0) is 14.6. The van der Waals surface area contributed by atoms with E-state index in [1.165, 1.54) is 4.90 Å². The van der Waals surface area contributed by atoms with Crippen LogP contribution in [0.3, 0.4) is 0 Å². The fourth-order valence-corrected chi connectivity index (χ4v) is 2.09. The van der Waals surface area contributed by atoms with Gasteiger partial charge in [-0.1, -0.05) is 0 Å². The zero-order valence-electron chi connectivity index (χ0n) is 10.7. The molecule has 0 fully saturated rings. The molecule has 0 aliphatic carbocycles. The van der Waals surface area contributed by atoms with Crippen LogP contribution in [0.25, 0.3) is 0 Å². The molecule has 0 aliphatic rings. The fourth-order valence-electron chi connectivity index (χ4n) is 1.44. The molecule has 7 heteroatoms. The Morgan fingerprint density at radius 2 is 1.95 bits per heavy atom. The van der Waals surface area contributed by atoms with Crippen molar-refractivity contribution in [3.05, 3.63) is 35.4 Å². The first-order valence-electron chi connectivity index (χ1n) is 5.53. The summed E-state index contributed by atoms with van der Waals surface area (Å²) in [6, 6.07) is 2.65. The van der Waals surface area contributed by atoms with E-state index in [1.54, 1.807) is 7.05 Å². The first kappa shape index (κ1) is 15.7. The maximum absolute atomic E-state index is 13.3. The summed E-state index contributed by atoms with van der Waals surface area (Å²) in [4.78, 5) is 13.2. The van der Waals surface area contributed by atoms with Crippen molar-refractivity contribution in [3.8, 4) is 0 Å². The number of carbonyl (C=O) groups excluding carboxylic acids is 1. The number of hydrogen-bond donors (Lipinski definition) is 0. The van der Waals surface area contributed by atoms with Crippen molar-refractivity contribution in [2.24, 2.45) is 0 Å². The number of Topliss-reactive ketones (excluding diaryl/α,β-unsaturated/α-hetero) is 1. The highest BCUT2D eigenvalue weighted by molar-refractivity contribution is 7.90. The van der Waals surface area contributed by atoms with Crippen LogP contribution in [0, 0.1) is 11.6 Å². The topological polar surface area (TPSA) is 54.5 Å². The van der Waals surface area contributed by atoms with Crippen molar-refractivity contribution < 1.29 is 22.0 Å². The molecule has 19 heavy (non-hydrogen) atoms. The van der Waals surface area contributed by atoms with Crippen LogP contribution < -0.4 is 0 Å². The van der Waals surface area contributed by atoms with E-state index in [1.807, 2.05) is 0 Å². The molecule has 0 atom stereocenters. The first-order chi connectivity index (χ1) is 8.69. The SMILES string of the molecule is CN(CCS(C)(=O)=O)CC(=O)c1cc(F)ccc1F. The van der Waals surface area contributed by atoms with Crippen LogP contribution >= 0.6 is 0 Å². The van der Waals surface area contributed by atoms with Gasteiger partial charge in [0.15, 0.2) is 5.78 Å². The molecule has 0 heterocycles. The minimum absolute atomic E-state index is 0.0948. The van der Waals surface area contributed by atoms with Gasteiger partial charge < -0.3 is 0 Å². The number of carbonyl (C=O) groups is 1. The van der Waals surface area contributed by atoms with E-state index in [4.69, 9.17) is 0 Å². The van der Waals surface area contributed by atoms with E-state index < -0.39 is 27.3 Å². The number of nitrogens with zero attached hydrogens (tertiary/aromatic N) is 1. The Balaban J connectivity index is 2.66. The predicted octanol–water partition coefficient (Wildman–Crippen LogP) is 1.12. The van der Waals surface area contributed by atoms with E-state index in [0.29, 0.717) is 0 Å². The molecule has 0 saturated heterocycles. The van der Waals surface area contributed by atoms with Crippen molar-refractivity contribution in [3.63, 3.8) is 0 Å². The summed E-state index contributed by atoms with van der Waals surface area (Å²) in [5, 5.41) is 0. The molecule has 1 rings (SSSR count). The predicted molar refractivity (Wildman–Crippen MR) is 67.9 cm³/mol. The Morgan fingerprint density at radius 1 is 1.32 bits per heavy atom. The molecule has 0 unspecified atom stereocenters. The van der Waals surface area contributed by atoms with Crippen LogP contribution in [-0.2, 0) is 9.84 Å². The van der Waals surface area contributed by atoms with Crippen LogP contribution in [0.1, 0.15) is 10.4 Å². The highest BCUT2D eigenvalue weighted by Gasteiger charge is 2.15. The lowest BCUT2D eigenvalue weighted by molar-refractivity contribution is 0.0944. The molecule has 0 bridgehead atoms. The number of benzene rings is 1. The van der Waals surface area contributed by atoms with Gasteiger partial charge in [0.1, 0.15) is 21.5 Å². The molecular weight excluding hydrogens is 276 g/mol. The largest absolute Gasteiger partial charge is 0.298 e. The molecule has 1 aromatic carbocycles. The van der Waals surface area contributed by atoms with Crippen molar-refractivity contribution in [2.75, 3.05) is 32.1 Å². The van der Waals surface area contributed by atoms with Gasteiger partial charge in [0.25, 0.3) is 0 Å². The molecule has 0 saturated carbocycles. The molecule has 0 radical (unpaired) electrons. The van der Waals surface area contributed by atoms with Gasteiger partial charge in [0, 0.05) is 12.8 Å². The van der Waals surface area contributed by atoms with Gasteiger partial charge in [0.05, 0.1) is 17.9 Å². The fraction of sp³-hybridized carbons (Fsp3) is 0.417. The van der Waals surface area contributed by atoms with Gasteiger partial charge >= 0.3 is 0 Å². The quantitative estimate of drug-likeness (QED) is 0.737. The van der Waals surface area contributed by atoms with Crippen LogP contribution in [-0.4, -0.2) is 51.2 Å². The van der Waals surface area contributed by atoms with Gasteiger partial charge in [-0.2, -0.15) is 0 Å². The van der Waals surface area contributed by atoms with E-state index >= 15 is 0 Å². The summed E-state index contributed by atoms with van der Waals surface area (Å²) in [6.45, 7) is -0.0165. The lowest BCUT2D eigenvalue weighted by Crippen LogP contribution is -2.30. The second-order valence-corrected chi connectivity index (χ2v) is 6.67. The van der Waals surface area contributed by atoms with Gasteiger partial charge in [-0.3, -0.25) is 9.69 Å². The average Bonchev–Trinajstić information content (AvgIpc) is 2.28. The Bertz CT molecular complexity index is 572. The number of ketones is 1. The standard InChI is InChI=1S/C12H15F2NO3S/c1-15(5-6-19(2,17)18)8-12(16)10-7-9(13)3-4-11(10)14/h3-4,7H,5-6,8H2,1-2H3. The monoisotopic (exact) mass is 291 g/mol. The average molecular weight is 291 g/mol. The number of halogens is 2. The summed E-state index contributed by atoms with van der Waals surface area (Å²) in [5.41, 5.74) is -0.328. The van der Waals surface area contributed by atoms with E-state index in [9.17, 15) is 22.0 Å². The lowest BCUT2D eigenvalue weighted by Gasteiger charge is -2.15. The Labute approximate surface area is 110 Å². The summed E-state index contributed by atoms with van der Waals surface area (Å²) < 4.78 is 48.2. The van der Waals surface area contributed by atoms with E-state index in [0.717, 1.165) is 24.5 Å². The third-order valence-electron chi connectivity index (χ3n) is 2.49. The second kappa shape index (κ2) is 6.21. The second-order valence-electron chi connectivity index (χ2n) is 4.42. The summed E-state index contributed by atoms with van der Waals surface area (Å²) in [5.74, 6) is -2.16. The number of likely N-dealkylation sites (N-methyl/N-ethyl adjacent to an activating group) is 1. The summed E-state index contributed by atoms with van der Waals surface area (Å²) in [7, 11) is -1.58. The highest BCUT2D eigenvalue weighted by atomic mass is 32.2. The smallest absolute Gasteiger partial charge is 0.179 e. The minimum Gasteiger partial charge on any atom is -0.298 e. The number of hydrogen-bond acceptors (Lipinski definition) is 4. The number of sulfone groups is 1. The first-order valence-corrected chi connectivity index (χ1v) is 7.59. The maximum Gasteiger partial charge on any atom is 0.179 e. The van der Waals surface area contributed by atoms with E-state index in [2.05, 4.69) is 0 Å². The third-order valence-corrected chi connectivity index (χ3v) is 3.41. The molecule has 4 nitrogen and oxygen atoms in total. The van der Waals surface area contributed by atoms with Gasteiger partial charge in [-0.05, 0) is 25.2 Å². The molecule has 1 aromatic rings. The third kappa shape index (κ3) is 5.44. The van der Waals surface area contributed by atoms with Crippen LogP contribution in [0.2, 0.25) is 0 Å². The Morgan fingerprint density at radius 3 is 2.53 bits per heavy atom.